The Labute approximate surface area is 112 Å². The summed E-state index contributed by atoms with van der Waals surface area (Å²) < 4.78 is 37.8. The molecule has 0 bridgehead atoms. The van der Waals surface area contributed by atoms with Crippen molar-refractivity contribution in [3.05, 3.63) is 47.1 Å². The first-order valence-electron chi connectivity index (χ1n) is 5.22. The molecule has 0 aliphatic rings. The highest BCUT2D eigenvalue weighted by Gasteiger charge is 2.31. The van der Waals surface area contributed by atoms with Crippen LogP contribution in [0.3, 0.4) is 0 Å². The van der Waals surface area contributed by atoms with Crippen LogP contribution in [0.5, 0.6) is 0 Å². The van der Waals surface area contributed by atoms with Crippen LogP contribution in [0.15, 0.2) is 36.5 Å². The highest BCUT2D eigenvalue weighted by atomic mass is 35.5. The summed E-state index contributed by atoms with van der Waals surface area (Å²) in [6.45, 7) is 0. The fraction of sp³-hybridized carbons (Fsp3) is 0.0833. The van der Waals surface area contributed by atoms with E-state index in [1.165, 1.54) is 12.3 Å². The molecule has 1 heterocycles. The second kappa shape index (κ2) is 4.97. The Morgan fingerprint density at radius 1 is 1.16 bits per heavy atom. The molecule has 3 N–H and O–H groups in total. The van der Waals surface area contributed by atoms with E-state index >= 15 is 0 Å². The second-order valence-corrected chi connectivity index (χ2v) is 4.16. The smallest absolute Gasteiger partial charge is 0.382 e. The van der Waals surface area contributed by atoms with E-state index in [1.54, 1.807) is 12.1 Å². The lowest BCUT2D eigenvalue weighted by atomic mass is 10.2. The molecule has 0 unspecified atom stereocenters. The van der Waals surface area contributed by atoms with Crippen LogP contribution in [0.2, 0.25) is 5.02 Å². The third-order valence-electron chi connectivity index (χ3n) is 2.40. The van der Waals surface area contributed by atoms with Gasteiger partial charge in [-0.15, -0.1) is 0 Å². The summed E-state index contributed by atoms with van der Waals surface area (Å²) in [5.74, 6) is 0.177. The van der Waals surface area contributed by atoms with Crippen LogP contribution in [-0.4, -0.2) is 4.98 Å². The van der Waals surface area contributed by atoms with Gasteiger partial charge < -0.3 is 11.1 Å². The summed E-state index contributed by atoms with van der Waals surface area (Å²) in [6.07, 6.45) is -2.95. The zero-order valence-electron chi connectivity index (χ0n) is 9.50. The van der Waals surface area contributed by atoms with Gasteiger partial charge in [0.1, 0.15) is 5.82 Å². The van der Waals surface area contributed by atoms with Crippen LogP contribution in [-0.2, 0) is 6.18 Å². The molecule has 0 radical (unpaired) electrons. The first-order chi connectivity index (χ1) is 8.88. The van der Waals surface area contributed by atoms with Gasteiger partial charge >= 0.3 is 6.18 Å². The van der Waals surface area contributed by atoms with Crippen LogP contribution in [0.25, 0.3) is 0 Å². The van der Waals surface area contributed by atoms with Crippen LogP contribution < -0.4 is 11.1 Å². The van der Waals surface area contributed by atoms with Crippen molar-refractivity contribution in [1.82, 2.24) is 4.98 Å². The van der Waals surface area contributed by atoms with Gasteiger partial charge in [-0.1, -0.05) is 11.6 Å². The summed E-state index contributed by atoms with van der Waals surface area (Å²) in [6, 6.07) is 6.23. The molecule has 3 nitrogen and oxygen atoms in total. The van der Waals surface area contributed by atoms with E-state index in [4.69, 9.17) is 17.3 Å². The number of nitrogens with one attached hydrogen (secondary N) is 1. The zero-order chi connectivity index (χ0) is 14.0. The van der Waals surface area contributed by atoms with Gasteiger partial charge in [-0.05, 0) is 30.3 Å². The molecule has 7 heteroatoms. The zero-order valence-corrected chi connectivity index (χ0v) is 10.3. The van der Waals surface area contributed by atoms with Gasteiger partial charge in [0, 0.05) is 6.20 Å². The Balaban J connectivity index is 2.38. The molecule has 0 atom stereocenters. The largest absolute Gasteiger partial charge is 0.416 e. The first-order valence-corrected chi connectivity index (χ1v) is 5.60. The van der Waals surface area contributed by atoms with Gasteiger partial charge in [-0.3, -0.25) is 0 Å². The van der Waals surface area contributed by atoms with E-state index in [0.29, 0.717) is 5.69 Å². The quantitative estimate of drug-likeness (QED) is 0.875. The molecule has 0 aliphatic heterocycles. The van der Waals surface area contributed by atoms with Gasteiger partial charge in [0.2, 0.25) is 0 Å². The minimum absolute atomic E-state index is 0.121. The van der Waals surface area contributed by atoms with Gasteiger partial charge in [-0.2, -0.15) is 13.2 Å². The van der Waals surface area contributed by atoms with Gasteiger partial charge in [-0.25, -0.2) is 4.98 Å². The summed E-state index contributed by atoms with van der Waals surface area (Å²) in [7, 11) is 0. The SMILES string of the molecule is Nc1ncccc1Nc1cc(C(F)(F)F)ccc1Cl. The highest BCUT2D eigenvalue weighted by molar-refractivity contribution is 6.33. The maximum absolute atomic E-state index is 12.6. The third-order valence-corrected chi connectivity index (χ3v) is 2.73. The summed E-state index contributed by atoms with van der Waals surface area (Å²) in [5, 5.41) is 2.90. The van der Waals surface area contributed by atoms with Crippen LogP contribution >= 0.6 is 11.6 Å². The third kappa shape index (κ3) is 3.08. The Morgan fingerprint density at radius 3 is 2.53 bits per heavy atom. The molecule has 100 valence electrons. The maximum atomic E-state index is 12.6. The Bertz CT molecular complexity index is 599. The Kier molecular flexibility index (Phi) is 3.53. The lowest BCUT2D eigenvalue weighted by Gasteiger charge is -2.13. The molecular formula is C12H9ClF3N3. The summed E-state index contributed by atoms with van der Waals surface area (Å²) in [4.78, 5) is 3.83. The molecule has 19 heavy (non-hydrogen) atoms. The van der Waals surface area contributed by atoms with Crippen molar-refractivity contribution in [1.29, 1.82) is 0 Å². The minimum atomic E-state index is -4.43. The lowest BCUT2D eigenvalue weighted by Crippen LogP contribution is -2.06. The van der Waals surface area contributed by atoms with E-state index < -0.39 is 11.7 Å². The van der Waals surface area contributed by atoms with Crippen molar-refractivity contribution >= 4 is 28.8 Å². The number of hydrogen-bond acceptors (Lipinski definition) is 3. The van der Waals surface area contributed by atoms with E-state index in [1.807, 2.05) is 0 Å². The number of anilines is 3. The molecule has 0 saturated carbocycles. The molecular weight excluding hydrogens is 279 g/mol. The molecule has 1 aromatic heterocycles. The standard InChI is InChI=1S/C12H9ClF3N3/c13-8-4-3-7(12(14,15)16)6-10(8)19-9-2-1-5-18-11(9)17/h1-6,19H,(H2,17,18). The molecule has 0 saturated heterocycles. The van der Waals surface area contributed by atoms with E-state index in [0.717, 1.165) is 12.1 Å². The van der Waals surface area contributed by atoms with Crippen LogP contribution in [0.4, 0.5) is 30.4 Å². The maximum Gasteiger partial charge on any atom is 0.416 e. The van der Waals surface area contributed by atoms with Gasteiger partial charge in [0.05, 0.1) is 22.0 Å². The average Bonchev–Trinajstić information content (AvgIpc) is 2.33. The van der Waals surface area contributed by atoms with E-state index in [2.05, 4.69) is 10.3 Å². The van der Waals surface area contributed by atoms with E-state index in [9.17, 15) is 13.2 Å². The summed E-state index contributed by atoms with van der Waals surface area (Å²) in [5.41, 5.74) is 5.33. The Morgan fingerprint density at radius 2 is 1.89 bits per heavy atom. The van der Waals surface area contributed by atoms with Crippen molar-refractivity contribution < 1.29 is 13.2 Å². The number of alkyl halides is 3. The van der Waals surface area contributed by atoms with Crippen molar-refractivity contribution in [2.75, 3.05) is 11.1 Å². The number of nitrogens with two attached hydrogens (primary N) is 1. The number of pyridine rings is 1. The van der Waals surface area contributed by atoms with Crippen molar-refractivity contribution in [2.45, 2.75) is 6.18 Å². The van der Waals surface area contributed by atoms with Crippen LogP contribution in [0.1, 0.15) is 5.56 Å². The van der Waals surface area contributed by atoms with Gasteiger partial charge in [0.15, 0.2) is 0 Å². The van der Waals surface area contributed by atoms with Crippen molar-refractivity contribution in [2.24, 2.45) is 0 Å². The lowest BCUT2D eigenvalue weighted by molar-refractivity contribution is -0.137. The fourth-order valence-electron chi connectivity index (χ4n) is 1.47. The number of nitrogen functional groups attached to an aromatic ring is 1. The van der Waals surface area contributed by atoms with Gasteiger partial charge in [0.25, 0.3) is 0 Å². The summed E-state index contributed by atoms with van der Waals surface area (Å²) >= 11 is 5.86. The fourth-order valence-corrected chi connectivity index (χ4v) is 1.63. The number of hydrogen-bond donors (Lipinski definition) is 2. The highest BCUT2D eigenvalue weighted by Crippen LogP contribution is 2.35. The predicted molar refractivity (Wildman–Crippen MR) is 68.4 cm³/mol. The molecule has 1 aromatic carbocycles. The monoisotopic (exact) mass is 287 g/mol. The topological polar surface area (TPSA) is 50.9 Å². The molecule has 0 spiro atoms. The number of aromatic nitrogens is 1. The number of benzene rings is 1. The van der Waals surface area contributed by atoms with Crippen molar-refractivity contribution in [3.63, 3.8) is 0 Å². The van der Waals surface area contributed by atoms with Crippen LogP contribution in [0, 0.1) is 0 Å². The van der Waals surface area contributed by atoms with E-state index in [-0.39, 0.29) is 16.5 Å². The molecule has 2 aromatic rings. The Hall–Kier alpha value is -1.95. The first kappa shape index (κ1) is 13.5. The number of nitrogens with zero attached hydrogens (tertiary/aromatic N) is 1. The number of rotatable bonds is 2. The number of halogens is 4. The minimum Gasteiger partial charge on any atom is -0.382 e. The molecule has 0 aliphatic carbocycles. The molecule has 2 rings (SSSR count). The second-order valence-electron chi connectivity index (χ2n) is 3.75. The predicted octanol–water partition coefficient (Wildman–Crippen LogP) is 4.08. The molecule has 0 fully saturated rings. The normalized spacial score (nSPS) is 11.4. The molecule has 0 amide bonds. The van der Waals surface area contributed by atoms with Crippen molar-refractivity contribution in [3.8, 4) is 0 Å². The average molecular weight is 288 g/mol.